The van der Waals surface area contributed by atoms with Crippen LogP contribution in [0.3, 0.4) is 0 Å². The molecular weight excluding hydrogens is 282 g/mol. The Morgan fingerprint density at radius 3 is 3.10 bits per heavy atom. The fourth-order valence-corrected chi connectivity index (χ4v) is 2.86. The second-order valence-corrected chi connectivity index (χ2v) is 6.40. The van der Waals surface area contributed by atoms with Gasteiger partial charge in [0.1, 0.15) is 12.1 Å². The maximum absolute atomic E-state index is 11.1. The molecule has 9 heteroatoms. The van der Waals surface area contributed by atoms with Crippen molar-refractivity contribution in [3.63, 3.8) is 0 Å². The molecule has 1 atom stereocenters. The first-order chi connectivity index (χ1) is 9.54. The molecule has 0 aliphatic carbocycles. The summed E-state index contributed by atoms with van der Waals surface area (Å²) >= 11 is 0. The first kappa shape index (κ1) is 13.3. The highest BCUT2D eigenvalue weighted by molar-refractivity contribution is 7.85. The van der Waals surface area contributed by atoms with Crippen molar-refractivity contribution in [1.82, 2.24) is 19.6 Å². The van der Waals surface area contributed by atoms with Gasteiger partial charge in [0, 0.05) is 12.7 Å². The Morgan fingerprint density at radius 1 is 1.45 bits per heavy atom. The molecule has 0 bridgehead atoms. The average molecular weight is 297 g/mol. The SMILES string of the molecule is CS(=O)(=O)OCC1CCCN1c1ccnc2ncnn12. The highest BCUT2D eigenvalue weighted by Gasteiger charge is 2.28. The molecular formula is C11H15N5O3S. The Kier molecular flexibility index (Phi) is 3.30. The monoisotopic (exact) mass is 297 g/mol. The van der Waals surface area contributed by atoms with Crippen LogP contribution in [-0.4, -0.2) is 53.4 Å². The van der Waals surface area contributed by atoms with E-state index in [4.69, 9.17) is 4.18 Å². The largest absolute Gasteiger partial charge is 0.351 e. The van der Waals surface area contributed by atoms with E-state index in [1.54, 1.807) is 10.7 Å². The topological polar surface area (TPSA) is 89.7 Å². The van der Waals surface area contributed by atoms with Gasteiger partial charge < -0.3 is 4.90 Å². The van der Waals surface area contributed by atoms with Crippen LogP contribution in [0.5, 0.6) is 0 Å². The summed E-state index contributed by atoms with van der Waals surface area (Å²) in [7, 11) is -3.42. The van der Waals surface area contributed by atoms with Gasteiger partial charge in [-0.2, -0.15) is 23.0 Å². The fraction of sp³-hybridized carbons (Fsp3) is 0.545. The molecule has 0 aromatic carbocycles. The number of nitrogens with zero attached hydrogens (tertiary/aromatic N) is 5. The second kappa shape index (κ2) is 4.98. The van der Waals surface area contributed by atoms with Gasteiger partial charge in [-0.1, -0.05) is 0 Å². The molecule has 1 fully saturated rings. The zero-order chi connectivity index (χ0) is 14.2. The lowest BCUT2D eigenvalue weighted by molar-refractivity contribution is 0.294. The molecule has 3 rings (SSSR count). The lowest BCUT2D eigenvalue weighted by atomic mass is 10.2. The molecule has 0 N–H and O–H groups in total. The molecule has 0 saturated carbocycles. The quantitative estimate of drug-likeness (QED) is 0.738. The van der Waals surface area contributed by atoms with Gasteiger partial charge >= 0.3 is 0 Å². The molecule has 108 valence electrons. The third-order valence-electron chi connectivity index (χ3n) is 3.31. The Bertz CT molecular complexity index is 714. The van der Waals surface area contributed by atoms with Gasteiger partial charge in [-0.05, 0) is 18.9 Å². The van der Waals surface area contributed by atoms with Crippen LogP contribution in [-0.2, 0) is 14.3 Å². The van der Waals surface area contributed by atoms with Gasteiger partial charge in [0.2, 0.25) is 0 Å². The molecule has 8 nitrogen and oxygen atoms in total. The summed E-state index contributed by atoms with van der Waals surface area (Å²) in [5, 5.41) is 4.15. The summed E-state index contributed by atoms with van der Waals surface area (Å²) in [6.45, 7) is 0.980. The number of anilines is 1. The first-order valence-electron chi connectivity index (χ1n) is 6.30. The first-order valence-corrected chi connectivity index (χ1v) is 8.12. The van der Waals surface area contributed by atoms with Gasteiger partial charge in [0.25, 0.3) is 15.9 Å². The highest BCUT2D eigenvalue weighted by atomic mass is 32.2. The standard InChI is InChI=1S/C11H15N5O3S/c1-20(17,18)19-7-9-3-2-6-15(9)10-4-5-12-11-13-8-14-16(10)11/h4-5,8-9H,2-3,6-7H2,1H3. The van der Waals surface area contributed by atoms with Gasteiger partial charge in [-0.15, -0.1) is 0 Å². The molecule has 0 amide bonds. The Hall–Kier alpha value is -1.74. The van der Waals surface area contributed by atoms with Gasteiger partial charge in [-0.25, -0.2) is 4.98 Å². The van der Waals surface area contributed by atoms with Crippen LogP contribution >= 0.6 is 0 Å². The molecule has 1 aliphatic rings. The molecule has 0 radical (unpaired) electrons. The normalized spacial score (nSPS) is 19.9. The zero-order valence-electron chi connectivity index (χ0n) is 11.0. The molecule has 1 aliphatic heterocycles. The molecule has 3 heterocycles. The predicted molar refractivity (Wildman–Crippen MR) is 71.9 cm³/mol. The third kappa shape index (κ3) is 2.59. The van der Waals surface area contributed by atoms with Gasteiger partial charge in [0.05, 0.1) is 18.9 Å². The van der Waals surface area contributed by atoms with Crippen molar-refractivity contribution in [3.05, 3.63) is 18.6 Å². The summed E-state index contributed by atoms with van der Waals surface area (Å²) in [5.41, 5.74) is 0. The fourth-order valence-electron chi connectivity index (χ4n) is 2.46. The second-order valence-electron chi connectivity index (χ2n) is 4.75. The maximum Gasteiger partial charge on any atom is 0.264 e. The minimum absolute atomic E-state index is 0.0134. The highest BCUT2D eigenvalue weighted by Crippen LogP contribution is 2.25. The van der Waals surface area contributed by atoms with Crippen molar-refractivity contribution in [3.8, 4) is 0 Å². The molecule has 2 aromatic rings. The van der Waals surface area contributed by atoms with Gasteiger partial charge in [-0.3, -0.25) is 4.18 Å². The van der Waals surface area contributed by atoms with E-state index in [0.29, 0.717) is 5.78 Å². The van der Waals surface area contributed by atoms with Crippen molar-refractivity contribution in [2.45, 2.75) is 18.9 Å². The smallest absolute Gasteiger partial charge is 0.264 e. The van der Waals surface area contributed by atoms with E-state index in [1.807, 2.05) is 6.07 Å². The molecule has 1 saturated heterocycles. The van der Waals surface area contributed by atoms with E-state index >= 15 is 0 Å². The number of hydrogen-bond acceptors (Lipinski definition) is 7. The summed E-state index contributed by atoms with van der Waals surface area (Å²) in [4.78, 5) is 10.3. The van der Waals surface area contributed by atoms with Crippen LogP contribution in [0.1, 0.15) is 12.8 Å². The summed E-state index contributed by atoms with van der Waals surface area (Å²) < 4.78 is 28.8. The van der Waals surface area contributed by atoms with Crippen molar-refractivity contribution in [1.29, 1.82) is 0 Å². The van der Waals surface area contributed by atoms with Crippen LogP contribution < -0.4 is 4.90 Å². The van der Waals surface area contributed by atoms with E-state index in [0.717, 1.165) is 31.5 Å². The molecule has 2 aromatic heterocycles. The van der Waals surface area contributed by atoms with Crippen LogP contribution in [0, 0.1) is 0 Å². The minimum atomic E-state index is -3.42. The van der Waals surface area contributed by atoms with Crippen LogP contribution in [0.15, 0.2) is 18.6 Å². The number of hydrogen-bond donors (Lipinski definition) is 0. The lowest BCUT2D eigenvalue weighted by Crippen LogP contribution is -2.35. The van der Waals surface area contributed by atoms with E-state index in [1.165, 1.54) is 6.33 Å². The van der Waals surface area contributed by atoms with E-state index in [9.17, 15) is 8.42 Å². The van der Waals surface area contributed by atoms with E-state index in [2.05, 4.69) is 20.0 Å². The third-order valence-corrected chi connectivity index (χ3v) is 3.87. The van der Waals surface area contributed by atoms with E-state index in [-0.39, 0.29) is 12.6 Å². The number of aromatic nitrogens is 4. The number of rotatable bonds is 4. The minimum Gasteiger partial charge on any atom is -0.351 e. The van der Waals surface area contributed by atoms with Crippen molar-refractivity contribution < 1.29 is 12.6 Å². The average Bonchev–Trinajstić information content (AvgIpc) is 3.03. The van der Waals surface area contributed by atoms with Crippen molar-refractivity contribution in [2.24, 2.45) is 0 Å². The molecule has 1 unspecified atom stereocenters. The summed E-state index contributed by atoms with van der Waals surface area (Å²) in [6, 6.07) is 1.86. The number of fused-ring (bicyclic) bond motifs is 1. The molecule has 0 spiro atoms. The molecule has 20 heavy (non-hydrogen) atoms. The summed E-state index contributed by atoms with van der Waals surface area (Å²) in [6.07, 6.45) is 6.05. The van der Waals surface area contributed by atoms with Gasteiger partial charge in [0.15, 0.2) is 0 Å². The van der Waals surface area contributed by atoms with Crippen molar-refractivity contribution in [2.75, 3.05) is 24.3 Å². The van der Waals surface area contributed by atoms with E-state index < -0.39 is 10.1 Å². The van der Waals surface area contributed by atoms with Crippen molar-refractivity contribution >= 4 is 21.7 Å². The zero-order valence-corrected chi connectivity index (χ0v) is 11.8. The van der Waals surface area contributed by atoms with Crippen LogP contribution in [0.2, 0.25) is 0 Å². The van der Waals surface area contributed by atoms with Crippen LogP contribution in [0.25, 0.3) is 5.78 Å². The Labute approximate surface area is 116 Å². The lowest BCUT2D eigenvalue weighted by Gasteiger charge is -2.26. The Balaban J connectivity index is 1.86. The summed E-state index contributed by atoms with van der Waals surface area (Å²) in [5.74, 6) is 1.38. The van der Waals surface area contributed by atoms with Crippen LogP contribution in [0.4, 0.5) is 5.82 Å². The Morgan fingerprint density at radius 2 is 2.30 bits per heavy atom. The maximum atomic E-state index is 11.1. The predicted octanol–water partition coefficient (Wildman–Crippen LogP) is 0.0693.